The molecule has 0 aliphatic rings. The number of hydrogen-bond acceptors (Lipinski definition) is 3. The van der Waals surface area contributed by atoms with E-state index in [-0.39, 0.29) is 0 Å². The smallest absolute Gasteiger partial charge is 0.287 e. The number of nitrogens with two attached hydrogens (primary N) is 1. The van der Waals surface area contributed by atoms with E-state index in [2.05, 4.69) is 0 Å². The molecule has 0 spiro atoms. The van der Waals surface area contributed by atoms with Crippen LogP contribution in [-0.2, 0) is 10.1 Å². The predicted molar refractivity (Wildman–Crippen MR) is 82.6 cm³/mol. The lowest BCUT2D eigenvalue weighted by molar-refractivity contribution is 0.494. The molecule has 0 saturated carbocycles. The zero-order chi connectivity index (χ0) is 15.0. The minimum Gasteiger partial charge on any atom is -0.399 e. The normalized spacial score (nSPS) is 10.9. The van der Waals surface area contributed by atoms with Gasteiger partial charge in [0.2, 0.25) is 0 Å². The van der Waals surface area contributed by atoms with Crippen LogP contribution >= 0.6 is 0 Å². The van der Waals surface area contributed by atoms with Crippen molar-refractivity contribution in [2.75, 3.05) is 5.73 Å². The first-order chi connectivity index (χ1) is 9.38. The van der Waals surface area contributed by atoms with Crippen molar-refractivity contribution < 1.29 is 13.0 Å². The van der Waals surface area contributed by atoms with Crippen LogP contribution in [0.2, 0.25) is 0 Å². The maximum absolute atomic E-state index is 10.3. The molecule has 106 valence electrons. The topological polar surface area (TPSA) is 80.4 Å². The Balaban J connectivity index is 0.000000217. The summed E-state index contributed by atoms with van der Waals surface area (Å²) in [4.78, 5) is 0. The second-order valence-electron chi connectivity index (χ2n) is 4.08. The zero-order valence-electron chi connectivity index (χ0n) is 11.1. The Morgan fingerprint density at radius 3 is 2.00 bits per heavy atom. The van der Waals surface area contributed by atoms with E-state index in [0.29, 0.717) is 0 Å². The Morgan fingerprint density at radius 1 is 1.00 bits per heavy atom. The van der Waals surface area contributed by atoms with Crippen LogP contribution in [0.1, 0.15) is 11.1 Å². The summed E-state index contributed by atoms with van der Waals surface area (Å²) in [5.74, 6) is 0. The van der Waals surface area contributed by atoms with Crippen molar-refractivity contribution >= 4 is 21.9 Å². The number of rotatable bonds is 2. The van der Waals surface area contributed by atoms with Gasteiger partial charge in [-0.3, -0.25) is 4.55 Å². The zero-order valence-corrected chi connectivity index (χ0v) is 11.9. The number of anilines is 1. The highest BCUT2D eigenvalue weighted by Crippen LogP contribution is 2.06. The first kappa shape index (κ1) is 15.9. The molecule has 0 aliphatic carbocycles. The third-order valence-corrected chi connectivity index (χ3v) is 2.90. The number of nitrogen functional groups attached to an aromatic ring is 1. The second kappa shape index (κ2) is 7.47. The van der Waals surface area contributed by atoms with E-state index in [1.807, 2.05) is 37.3 Å². The van der Waals surface area contributed by atoms with Gasteiger partial charge >= 0.3 is 0 Å². The van der Waals surface area contributed by atoms with Crippen molar-refractivity contribution in [2.24, 2.45) is 0 Å². The van der Waals surface area contributed by atoms with Gasteiger partial charge in [0.05, 0.1) is 5.41 Å². The average Bonchev–Trinajstić information content (AvgIpc) is 2.41. The van der Waals surface area contributed by atoms with Crippen molar-refractivity contribution in [2.45, 2.75) is 6.92 Å². The van der Waals surface area contributed by atoms with E-state index in [1.54, 1.807) is 24.3 Å². The van der Waals surface area contributed by atoms with Gasteiger partial charge < -0.3 is 5.73 Å². The molecule has 2 aromatic carbocycles. The fourth-order valence-electron chi connectivity index (χ4n) is 1.32. The Morgan fingerprint density at radius 2 is 1.55 bits per heavy atom. The minimum absolute atomic E-state index is 0.732. The lowest BCUT2D eigenvalue weighted by Gasteiger charge is -1.93. The maximum Gasteiger partial charge on any atom is 0.287 e. The molecule has 4 nitrogen and oxygen atoms in total. The molecule has 0 aromatic heterocycles. The van der Waals surface area contributed by atoms with Gasteiger partial charge in [-0.15, -0.1) is 0 Å². The second-order valence-corrected chi connectivity index (χ2v) is 5.39. The third-order valence-electron chi connectivity index (χ3n) is 2.42. The van der Waals surface area contributed by atoms with Crippen LogP contribution < -0.4 is 5.73 Å². The van der Waals surface area contributed by atoms with Crippen LogP contribution in [0.3, 0.4) is 0 Å². The van der Waals surface area contributed by atoms with E-state index >= 15 is 0 Å². The lowest BCUT2D eigenvalue weighted by atomic mass is 10.2. The monoisotopic (exact) mass is 291 g/mol. The van der Waals surface area contributed by atoms with Crippen LogP contribution in [0.5, 0.6) is 0 Å². The summed E-state index contributed by atoms with van der Waals surface area (Å²) in [5, 5.41) is 0.752. The molecule has 0 fully saturated rings. The summed E-state index contributed by atoms with van der Waals surface area (Å²) in [6.45, 7) is 2.00. The standard InChI is InChI=1S/C8H8O3S.C7H9N/c9-12(10,11)7-6-8-4-2-1-3-5-8;1-6-4-2-3-5-7(6)8/h1-7H,(H,9,10,11);2-5H,8H2,1H3. The fourth-order valence-corrected chi connectivity index (χ4v) is 1.64. The van der Waals surface area contributed by atoms with Crippen molar-refractivity contribution in [1.82, 2.24) is 0 Å². The highest BCUT2D eigenvalue weighted by molar-refractivity contribution is 7.88. The molecule has 0 heterocycles. The summed E-state index contributed by atoms with van der Waals surface area (Å²) in [7, 11) is -4.00. The minimum atomic E-state index is -4.00. The number of para-hydroxylation sites is 1. The van der Waals surface area contributed by atoms with Gasteiger partial charge in [0.25, 0.3) is 10.1 Å². The molecule has 5 heteroatoms. The number of aryl methyl sites for hydroxylation is 1. The quantitative estimate of drug-likeness (QED) is 0.658. The molecule has 0 saturated heterocycles. The van der Waals surface area contributed by atoms with Gasteiger partial charge in [-0.05, 0) is 30.2 Å². The molecule has 0 amide bonds. The number of hydrogen-bond donors (Lipinski definition) is 2. The molecule has 2 aromatic rings. The highest BCUT2D eigenvalue weighted by atomic mass is 32.2. The molecule has 0 atom stereocenters. The van der Waals surface area contributed by atoms with Crippen molar-refractivity contribution in [1.29, 1.82) is 0 Å². The van der Waals surface area contributed by atoms with E-state index in [9.17, 15) is 8.42 Å². The average molecular weight is 291 g/mol. The Hall–Kier alpha value is -2.11. The summed E-state index contributed by atoms with van der Waals surface area (Å²) in [6, 6.07) is 16.7. The van der Waals surface area contributed by atoms with Crippen LogP contribution in [0.4, 0.5) is 5.69 Å². The van der Waals surface area contributed by atoms with Crippen molar-refractivity contribution in [3.05, 3.63) is 71.1 Å². The maximum atomic E-state index is 10.3. The molecule has 20 heavy (non-hydrogen) atoms. The molecular weight excluding hydrogens is 274 g/mol. The SMILES string of the molecule is Cc1ccccc1N.O=S(=O)(O)C=Cc1ccccc1. The molecule has 3 N–H and O–H groups in total. The van der Waals surface area contributed by atoms with Gasteiger partial charge in [0.1, 0.15) is 0 Å². The summed E-state index contributed by atoms with van der Waals surface area (Å²) in [5.41, 5.74) is 8.27. The van der Waals surface area contributed by atoms with E-state index in [4.69, 9.17) is 10.3 Å². The first-order valence-electron chi connectivity index (χ1n) is 5.90. The summed E-state index contributed by atoms with van der Waals surface area (Å²) < 4.78 is 28.9. The van der Waals surface area contributed by atoms with Crippen LogP contribution in [0.15, 0.2) is 60.0 Å². The van der Waals surface area contributed by atoms with Crippen molar-refractivity contribution in [3.8, 4) is 0 Å². The van der Waals surface area contributed by atoms with Crippen molar-refractivity contribution in [3.63, 3.8) is 0 Å². The largest absolute Gasteiger partial charge is 0.399 e. The molecule has 0 bridgehead atoms. The van der Waals surface area contributed by atoms with Gasteiger partial charge in [0, 0.05) is 5.69 Å². The van der Waals surface area contributed by atoms with E-state index in [0.717, 1.165) is 22.2 Å². The predicted octanol–water partition coefficient (Wildman–Crippen LogP) is 3.12. The van der Waals surface area contributed by atoms with Crippen LogP contribution in [0, 0.1) is 6.92 Å². The molecule has 2 rings (SSSR count). The summed E-state index contributed by atoms with van der Waals surface area (Å²) >= 11 is 0. The summed E-state index contributed by atoms with van der Waals surface area (Å²) in [6.07, 6.45) is 1.33. The Bertz CT molecular complexity index is 644. The number of benzene rings is 2. The fraction of sp³-hybridized carbons (Fsp3) is 0.0667. The van der Waals surface area contributed by atoms with Gasteiger partial charge in [-0.25, -0.2) is 0 Å². The highest BCUT2D eigenvalue weighted by Gasteiger charge is 1.94. The molecule has 0 unspecified atom stereocenters. The Kier molecular flexibility index (Phi) is 5.96. The third kappa shape index (κ3) is 6.72. The Labute approximate surface area is 119 Å². The van der Waals surface area contributed by atoms with Crippen LogP contribution in [0.25, 0.3) is 6.08 Å². The molecule has 0 aliphatic heterocycles. The van der Waals surface area contributed by atoms with Gasteiger partial charge in [-0.2, -0.15) is 8.42 Å². The van der Waals surface area contributed by atoms with E-state index < -0.39 is 10.1 Å². The first-order valence-corrected chi connectivity index (χ1v) is 7.40. The lowest BCUT2D eigenvalue weighted by Crippen LogP contribution is -1.88. The molecular formula is C15H17NO3S. The van der Waals surface area contributed by atoms with Crippen LogP contribution in [-0.4, -0.2) is 13.0 Å². The van der Waals surface area contributed by atoms with E-state index in [1.165, 1.54) is 6.08 Å². The van der Waals surface area contributed by atoms with Gasteiger partial charge in [0.15, 0.2) is 0 Å². The molecule has 0 radical (unpaired) electrons. The van der Waals surface area contributed by atoms with Gasteiger partial charge in [-0.1, -0.05) is 48.5 Å².